The normalized spacial score (nSPS) is 12.4. The summed E-state index contributed by atoms with van der Waals surface area (Å²) in [4.78, 5) is 16.7. The summed E-state index contributed by atoms with van der Waals surface area (Å²) < 4.78 is 0. The smallest absolute Gasteiger partial charge is 0.248 e. The average molecular weight is 332 g/mol. The monoisotopic (exact) mass is 331 g/mol. The summed E-state index contributed by atoms with van der Waals surface area (Å²) in [5.41, 5.74) is 0.847. The molecule has 0 rings (SSSR count). The van der Waals surface area contributed by atoms with Crippen LogP contribution in [-0.4, -0.2) is 34.5 Å². The summed E-state index contributed by atoms with van der Waals surface area (Å²) in [7, 11) is 1.93. The van der Waals surface area contributed by atoms with Gasteiger partial charge in [0.2, 0.25) is 5.70 Å². The quantitative estimate of drug-likeness (QED) is 0.281. The number of hydrogen-bond acceptors (Lipinski definition) is 4. The van der Waals surface area contributed by atoms with Crippen molar-refractivity contribution in [3.8, 4) is 0 Å². The molecule has 0 spiro atoms. The van der Waals surface area contributed by atoms with E-state index in [2.05, 4.69) is 34.4 Å². The van der Waals surface area contributed by atoms with Crippen LogP contribution in [0.3, 0.4) is 0 Å². The van der Waals surface area contributed by atoms with Crippen molar-refractivity contribution in [2.75, 3.05) is 18.9 Å². The molecule has 0 bridgehead atoms. The molecular formula is C13H22BrN3O2. The van der Waals surface area contributed by atoms with Crippen LogP contribution in [0.1, 0.15) is 33.1 Å². The summed E-state index contributed by atoms with van der Waals surface area (Å²) in [5.74, 6) is 0.646. The number of nitrogens with zero attached hydrogens (tertiary/aromatic N) is 3. The van der Waals surface area contributed by atoms with Crippen LogP contribution < -0.4 is 0 Å². The van der Waals surface area contributed by atoms with Crippen molar-refractivity contribution in [2.45, 2.75) is 33.1 Å². The van der Waals surface area contributed by atoms with Crippen molar-refractivity contribution in [1.82, 2.24) is 4.90 Å². The molecule has 0 unspecified atom stereocenters. The molecule has 108 valence electrons. The number of halogens is 1. The van der Waals surface area contributed by atoms with Gasteiger partial charge >= 0.3 is 0 Å². The molecule has 0 aromatic heterocycles. The van der Waals surface area contributed by atoms with E-state index in [-0.39, 0.29) is 17.0 Å². The Kier molecular flexibility index (Phi) is 9.12. The lowest BCUT2D eigenvalue weighted by molar-refractivity contribution is -0.426. The Morgan fingerprint density at radius 1 is 1.58 bits per heavy atom. The maximum atomic E-state index is 10.8. The van der Waals surface area contributed by atoms with Gasteiger partial charge in [0.25, 0.3) is 0 Å². The highest BCUT2D eigenvalue weighted by Crippen LogP contribution is 2.09. The summed E-state index contributed by atoms with van der Waals surface area (Å²) >= 11 is 3.16. The largest absolute Gasteiger partial charge is 0.360 e. The molecule has 0 atom stereocenters. The lowest BCUT2D eigenvalue weighted by Crippen LogP contribution is -2.18. The lowest BCUT2D eigenvalue weighted by Gasteiger charge is -2.18. The lowest BCUT2D eigenvalue weighted by atomic mass is 10.2. The molecular weight excluding hydrogens is 310 g/mol. The second kappa shape index (κ2) is 9.72. The molecule has 0 amide bonds. The summed E-state index contributed by atoms with van der Waals surface area (Å²) in [6.45, 7) is 8.69. The zero-order valence-electron chi connectivity index (χ0n) is 11.9. The van der Waals surface area contributed by atoms with E-state index in [4.69, 9.17) is 0 Å². The first-order valence-corrected chi connectivity index (χ1v) is 7.38. The van der Waals surface area contributed by atoms with Crippen LogP contribution in [0.15, 0.2) is 29.2 Å². The van der Waals surface area contributed by atoms with Crippen molar-refractivity contribution in [3.63, 3.8) is 0 Å². The molecule has 0 aromatic rings. The second-order valence-electron chi connectivity index (χ2n) is 4.32. The van der Waals surface area contributed by atoms with Crippen molar-refractivity contribution >= 4 is 21.6 Å². The summed E-state index contributed by atoms with van der Waals surface area (Å²) in [6.07, 6.45) is 3.97. The molecule has 0 aliphatic heterocycles. The minimum atomic E-state index is -0.371. The van der Waals surface area contributed by atoms with Crippen LogP contribution in [0, 0.1) is 10.1 Å². The van der Waals surface area contributed by atoms with E-state index in [0.717, 1.165) is 19.4 Å². The number of nitro groups is 1. The van der Waals surface area contributed by atoms with Gasteiger partial charge in [0.05, 0.1) is 11.3 Å². The van der Waals surface area contributed by atoms with Gasteiger partial charge in [0, 0.05) is 24.6 Å². The first-order chi connectivity index (χ1) is 8.92. The molecule has 0 aliphatic carbocycles. The fraction of sp³-hybridized carbons (Fsp3) is 0.615. The van der Waals surface area contributed by atoms with Crippen LogP contribution >= 0.6 is 15.9 Å². The minimum absolute atomic E-state index is 0.155. The summed E-state index contributed by atoms with van der Waals surface area (Å²) in [5, 5.41) is 11.3. The Morgan fingerprint density at radius 2 is 2.21 bits per heavy atom. The van der Waals surface area contributed by atoms with E-state index in [0.29, 0.717) is 16.9 Å². The first-order valence-electron chi connectivity index (χ1n) is 6.25. The molecule has 5 nitrogen and oxygen atoms in total. The fourth-order valence-electron chi connectivity index (χ4n) is 1.43. The van der Waals surface area contributed by atoms with Gasteiger partial charge in [0.15, 0.2) is 0 Å². The van der Waals surface area contributed by atoms with Crippen LogP contribution in [-0.2, 0) is 0 Å². The minimum Gasteiger partial charge on any atom is -0.360 e. The Morgan fingerprint density at radius 3 is 2.68 bits per heavy atom. The highest BCUT2D eigenvalue weighted by atomic mass is 79.9. The Labute approximate surface area is 123 Å². The van der Waals surface area contributed by atoms with Crippen LogP contribution in [0.5, 0.6) is 0 Å². The standard InChI is InChI=1S/C13H22BrN3O2/c1-5-6-9-16(4)12(3)15-11(2)10-13(7-8-14)17(18)19/h7H,3,5-6,8-10H2,1-2,4H3/b13-7+,15-11-. The zero-order chi connectivity index (χ0) is 14.8. The number of allylic oxidation sites excluding steroid dienone is 2. The highest BCUT2D eigenvalue weighted by Gasteiger charge is 2.12. The number of aliphatic imine (C=N–C) groups is 1. The number of unbranched alkanes of at least 4 members (excludes halogenated alkanes) is 1. The summed E-state index contributed by atoms with van der Waals surface area (Å²) in [6, 6.07) is 0. The van der Waals surface area contributed by atoms with Crippen LogP contribution in [0.25, 0.3) is 0 Å². The zero-order valence-corrected chi connectivity index (χ0v) is 13.4. The Bertz CT molecular complexity index is 378. The van der Waals surface area contributed by atoms with Gasteiger partial charge in [0.1, 0.15) is 5.82 Å². The third-order valence-corrected chi connectivity index (χ3v) is 2.92. The van der Waals surface area contributed by atoms with Crippen molar-refractivity contribution in [2.24, 2.45) is 4.99 Å². The predicted octanol–water partition coefficient (Wildman–Crippen LogP) is 3.60. The van der Waals surface area contributed by atoms with E-state index in [1.54, 1.807) is 13.0 Å². The van der Waals surface area contributed by atoms with E-state index in [9.17, 15) is 10.1 Å². The SMILES string of the molecule is C=C(/N=C(/C)C/C(=C\CBr)[N+](=O)[O-])N(C)CCCC. The van der Waals surface area contributed by atoms with Crippen LogP contribution in [0.2, 0.25) is 0 Å². The maximum Gasteiger partial charge on any atom is 0.248 e. The topological polar surface area (TPSA) is 58.7 Å². The molecule has 0 radical (unpaired) electrons. The van der Waals surface area contributed by atoms with E-state index >= 15 is 0 Å². The third kappa shape index (κ3) is 7.77. The molecule has 19 heavy (non-hydrogen) atoms. The molecule has 6 heteroatoms. The van der Waals surface area contributed by atoms with E-state index in [1.165, 1.54) is 0 Å². The van der Waals surface area contributed by atoms with Crippen molar-refractivity contribution in [1.29, 1.82) is 0 Å². The van der Waals surface area contributed by atoms with Gasteiger partial charge in [-0.2, -0.15) is 0 Å². The number of rotatable bonds is 9. The molecule has 0 saturated heterocycles. The van der Waals surface area contributed by atoms with Gasteiger partial charge in [-0.15, -0.1) is 0 Å². The molecule has 0 aromatic carbocycles. The fourth-order valence-corrected chi connectivity index (χ4v) is 1.81. The maximum absolute atomic E-state index is 10.8. The second-order valence-corrected chi connectivity index (χ2v) is 4.97. The predicted molar refractivity (Wildman–Crippen MR) is 83.3 cm³/mol. The van der Waals surface area contributed by atoms with Gasteiger partial charge in [-0.25, -0.2) is 4.99 Å². The van der Waals surface area contributed by atoms with E-state index < -0.39 is 0 Å². The van der Waals surface area contributed by atoms with Gasteiger partial charge < -0.3 is 4.90 Å². The Hall–Kier alpha value is -1.17. The molecule has 0 heterocycles. The molecule has 0 saturated carbocycles. The van der Waals surface area contributed by atoms with Gasteiger partial charge in [-0.05, 0) is 19.4 Å². The third-order valence-electron chi connectivity index (χ3n) is 2.59. The number of alkyl halides is 1. The van der Waals surface area contributed by atoms with E-state index in [1.807, 2.05) is 11.9 Å². The molecule has 0 fully saturated rings. The van der Waals surface area contributed by atoms with Crippen LogP contribution in [0.4, 0.5) is 0 Å². The Balaban J connectivity index is 4.59. The first kappa shape index (κ1) is 17.8. The number of hydrogen-bond donors (Lipinski definition) is 0. The van der Waals surface area contributed by atoms with Crippen molar-refractivity contribution < 1.29 is 4.92 Å². The van der Waals surface area contributed by atoms with Gasteiger partial charge in [-0.3, -0.25) is 10.1 Å². The molecule has 0 N–H and O–H groups in total. The average Bonchev–Trinajstić information content (AvgIpc) is 2.34. The van der Waals surface area contributed by atoms with Gasteiger partial charge in [-0.1, -0.05) is 35.9 Å². The van der Waals surface area contributed by atoms with Crippen molar-refractivity contribution in [3.05, 3.63) is 34.3 Å². The molecule has 0 aliphatic rings. The highest BCUT2D eigenvalue weighted by molar-refractivity contribution is 9.09.